The van der Waals surface area contributed by atoms with E-state index in [9.17, 15) is 9.59 Å². The van der Waals surface area contributed by atoms with Gasteiger partial charge in [0.15, 0.2) is 12.3 Å². The van der Waals surface area contributed by atoms with Crippen LogP contribution in [0.5, 0.6) is 0 Å². The summed E-state index contributed by atoms with van der Waals surface area (Å²) in [5.41, 5.74) is 2.95. The minimum atomic E-state index is -0.552. The van der Waals surface area contributed by atoms with Gasteiger partial charge in [0.25, 0.3) is 5.91 Å². The number of fused-ring (bicyclic) bond motifs is 1. The minimum absolute atomic E-state index is 0.105. The molecule has 0 aliphatic carbocycles. The molecule has 2 aromatic heterocycles. The number of benzene rings is 1. The predicted molar refractivity (Wildman–Crippen MR) is 120 cm³/mol. The van der Waals surface area contributed by atoms with Crippen molar-refractivity contribution in [2.45, 2.75) is 52.5 Å². The Morgan fingerprint density at radius 1 is 1.10 bits per heavy atom. The van der Waals surface area contributed by atoms with Gasteiger partial charge in [-0.1, -0.05) is 51.1 Å². The number of hydrogen-bond donors (Lipinski definition) is 1. The van der Waals surface area contributed by atoms with Crippen molar-refractivity contribution < 1.29 is 14.3 Å². The largest absolute Gasteiger partial charge is 0.452 e. The molecule has 7 nitrogen and oxygen atoms in total. The molecule has 0 saturated heterocycles. The average molecular weight is 423 g/mol. The topological polar surface area (TPSA) is 86.1 Å². The van der Waals surface area contributed by atoms with E-state index < -0.39 is 5.97 Å². The fourth-order valence-corrected chi connectivity index (χ4v) is 3.31. The molecule has 0 radical (unpaired) electrons. The van der Waals surface area contributed by atoms with Gasteiger partial charge in [-0.25, -0.2) is 14.5 Å². The number of carbonyl (C=O) groups is 2. The number of pyridine rings is 1. The number of hydrogen-bond acceptors (Lipinski definition) is 5. The molecule has 0 bridgehead atoms. The number of esters is 1. The standard InChI is InChI=1S/C24H30N4O3/c1-15(2)21-11-19(20-13-26-28(16(3)4)23(20)27-21)24(30)31-14-22(29)25-12-17(5)18-9-7-6-8-10-18/h6-11,13,15-17H,12,14H2,1-5H3,(H,25,29)/t17-/m0/s1. The highest BCUT2D eigenvalue weighted by molar-refractivity contribution is 6.03. The van der Waals surface area contributed by atoms with E-state index >= 15 is 0 Å². The Balaban J connectivity index is 1.68. The van der Waals surface area contributed by atoms with Crippen molar-refractivity contribution in [2.24, 2.45) is 0 Å². The summed E-state index contributed by atoms with van der Waals surface area (Å²) in [6, 6.07) is 11.8. The first-order valence-electron chi connectivity index (χ1n) is 10.6. The maximum Gasteiger partial charge on any atom is 0.339 e. The highest BCUT2D eigenvalue weighted by Gasteiger charge is 2.20. The van der Waals surface area contributed by atoms with Crippen molar-refractivity contribution >= 4 is 22.9 Å². The minimum Gasteiger partial charge on any atom is -0.452 e. The van der Waals surface area contributed by atoms with Gasteiger partial charge in [0.2, 0.25) is 0 Å². The van der Waals surface area contributed by atoms with Gasteiger partial charge in [-0.05, 0) is 37.3 Å². The molecule has 0 spiro atoms. The van der Waals surface area contributed by atoms with E-state index in [1.54, 1.807) is 16.9 Å². The molecule has 3 aromatic rings. The monoisotopic (exact) mass is 422 g/mol. The quantitative estimate of drug-likeness (QED) is 0.550. The Hall–Kier alpha value is -3.22. The molecule has 1 aromatic carbocycles. The first-order chi connectivity index (χ1) is 14.8. The molecule has 1 atom stereocenters. The zero-order valence-electron chi connectivity index (χ0n) is 18.8. The van der Waals surface area contributed by atoms with E-state index in [4.69, 9.17) is 4.74 Å². The summed E-state index contributed by atoms with van der Waals surface area (Å²) < 4.78 is 7.11. The fourth-order valence-electron chi connectivity index (χ4n) is 3.31. The molecule has 3 rings (SSSR count). The Labute approximate surface area is 182 Å². The number of ether oxygens (including phenoxy) is 1. The van der Waals surface area contributed by atoms with Crippen LogP contribution >= 0.6 is 0 Å². The zero-order chi connectivity index (χ0) is 22.5. The van der Waals surface area contributed by atoms with Crippen LogP contribution in [0.25, 0.3) is 11.0 Å². The molecular formula is C24H30N4O3. The molecule has 0 fully saturated rings. The molecule has 0 saturated carbocycles. The number of carbonyl (C=O) groups excluding carboxylic acids is 2. The zero-order valence-corrected chi connectivity index (χ0v) is 18.8. The molecule has 0 aliphatic rings. The summed E-state index contributed by atoms with van der Waals surface area (Å²) in [7, 11) is 0. The normalized spacial score (nSPS) is 12.4. The lowest BCUT2D eigenvalue weighted by molar-refractivity contribution is -0.124. The Morgan fingerprint density at radius 2 is 1.81 bits per heavy atom. The molecule has 0 aliphatic heterocycles. The molecule has 1 amide bonds. The van der Waals surface area contributed by atoms with Gasteiger partial charge < -0.3 is 10.1 Å². The lowest BCUT2D eigenvalue weighted by atomic mass is 10.0. The van der Waals surface area contributed by atoms with Crippen molar-refractivity contribution in [2.75, 3.05) is 13.2 Å². The van der Waals surface area contributed by atoms with Crippen LogP contribution in [0.3, 0.4) is 0 Å². The highest BCUT2D eigenvalue weighted by atomic mass is 16.5. The summed E-state index contributed by atoms with van der Waals surface area (Å²) in [4.78, 5) is 29.7. The number of nitrogens with one attached hydrogen (secondary N) is 1. The van der Waals surface area contributed by atoms with Crippen LogP contribution in [0.1, 0.15) is 74.1 Å². The fraction of sp³-hybridized carbons (Fsp3) is 0.417. The highest BCUT2D eigenvalue weighted by Crippen LogP contribution is 2.25. The van der Waals surface area contributed by atoms with Gasteiger partial charge in [-0.15, -0.1) is 0 Å². The summed E-state index contributed by atoms with van der Waals surface area (Å²) in [5.74, 6) is -0.586. The van der Waals surface area contributed by atoms with Crippen molar-refractivity contribution in [3.8, 4) is 0 Å². The van der Waals surface area contributed by atoms with Crippen molar-refractivity contribution in [1.29, 1.82) is 0 Å². The maximum absolute atomic E-state index is 12.8. The number of aromatic nitrogens is 3. The second-order valence-corrected chi connectivity index (χ2v) is 8.36. The van der Waals surface area contributed by atoms with Gasteiger partial charge in [0.1, 0.15) is 0 Å². The van der Waals surface area contributed by atoms with Gasteiger partial charge in [0, 0.05) is 18.3 Å². The van der Waals surface area contributed by atoms with Gasteiger partial charge in [-0.3, -0.25) is 4.79 Å². The molecule has 164 valence electrons. The summed E-state index contributed by atoms with van der Waals surface area (Å²) in [5, 5.41) is 7.83. The molecule has 2 heterocycles. The van der Waals surface area contributed by atoms with Crippen LogP contribution in [0.4, 0.5) is 0 Å². The second kappa shape index (κ2) is 9.73. The van der Waals surface area contributed by atoms with E-state index in [1.807, 2.05) is 65.0 Å². The summed E-state index contributed by atoms with van der Waals surface area (Å²) in [6.07, 6.45) is 1.63. The lowest BCUT2D eigenvalue weighted by Crippen LogP contribution is -2.31. The Bertz CT molecular complexity index is 1060. The van der Waals surface area contributed by atoms with Crippen LogP contribution in [-0.4, -0.2) is 39.8 Å². The van der Waals surface area contributed by atoms with Crippen LogP contribution in [0.2, 0.25) is 0 Å². The Kier molecular flexibility index (Phi) is 7.05. The number of amides is 1. The van der Waals surface area contributed by atoms with Crippen molar-refractivity contribution in [3.63, 3.8) is 0 Å². The van der Waals surface area contributed by atoms with Crippen molar-refractivity contribution in [3.05, 3.63) is 59.4 Å². The van der Waals surface area contributed by atoms with Gasteiger partial charge in [-0.2, -0.15) is 5.10 Å². The maximum atomic E-state index is 12.8. The van der Waals surface area contributed by atoms with E-state index in [-0.39, 0.29) is 30.4 Å². The SMILES string of the molecule is CC(C)c1cc(C(=O)OCC(=O)NC[C@H](C)c2ccccc2)c2cnn(C(C)C)c2n1. The van der Waals surface area contributed by atoms with Crippen LogP contribution < -0.4 is 5.32 Å². The van der Waals surface area contributed by atoms with Gasteiger partial charge >= 0.3 is 5.97 Å². The van der Waals surface area contributed by atoms with E-state index in [1.165, 1.54) is 0 Å². The predicted octanol–water partition coefficient (Wildman–Crippen LogP) is 4.21. The molecule has 31 heavy (non-hydrogen) atoms. The number of nitrogens with zero attached hydrogens (tertiary/aromatic N) is 3. The lowest BCUT2D eigenvalue weighted by Gasteiger charge is -2.14. The van der Waals surface area contributed by atoms with Crippen LogP contribution in [-0.2, 0) is 9.53 Å². The third-order valence-corrected chi connectivity index (χ3v) is 5.20. The molecule has 1 N–H and O–H groups in total. The van der Waals surface area contributed by atoms with Crippen LogP contribution in [0.15, 0.2) is 42.6 Å². The first kappa shape index (κ1) is 22.5. The average Bonchev–Trinajstić information content (AvgIpc) is 3.20. The molecule has 0 unspecified atom stereocenters. The smallest absolute Gasteiger partial charge is 0.339 e. The van der Waals surface area contributed by atoms with E-state index in [0.717, 1.165) is 11.3 Å². The summed E-state index contributed by atoms with van der Waals surface area (Å²) in [6.45, 7) is 10.2. The first-order valence-corrected chi connectivity index (χ1v) is 10.6. The molecular weight excluding hydrogens is 392 g/mol. The van der Waals surface area contributed by atoms with Gasteiger partial charge in [0.05, 0.1) is 17.1 Å². The summed E-state index contributed by atoms with van der Waals surface area (Å²) >= 11 is 0. The van der Waals surface area contributed by atoms with E-state index in [0.29, 0.717) is 23.1 Å². The third kappa shape index (κ3) is 5.29. The second-order valence-electron chi connectivity index (χ2n) is 8.36. The third-order valence-electron chi connectivity index (χ3n) is 5.20. The Morgan fingerprint density at radius 3 is 2.45 bits per heavy atom. The molecule has 7 heteroatoms. The van der Waals surface area contributed by atoms with E-state index in [2.05, 4.69) is 15.4 Å². The van der Waals surface area contributed by atoms with Crippen LogP contribution in [0, 0.1) is 0 Å². The van der Waals surface area contributed by atoms with Crippen molar-refractivity contribution in [1.82, 2.24) is 20.1 Å². The number of rotatable bonds is 8.